The molecule has 118 valence electrons. The van der Waals surface area contributed by atoms with E-state index in [1.165, 1.54) is 16.4 Å². The van der Waals surface area contributed by atoms with Crippen LogP contribution >= 0.6 is 0 Å². The Bertz CT molecular complexity index is 600. The molecule has 0 atom stereocenters. The van der Waals surface area contributed by atoms with Gasteiger partial charge < -0.3 is 5.32 Å². The van der Waals surface area contributed by atoms with E-state index in [0.717, 1.165) is 11.6 Å². The van der Waals surface area contributed by atoms with Crippen LogP contribution in [0.5, 0.6) is 0 Å². The second-order valence-electron chi connectivity index (χ2n) is 4.92. The van der Waals surface area contributed by atoms with Crippen molar-refractivity contribution in [2.24, 2.45) is 0 Å². The average Bonchev–Trinajstić information content (AvgIpc) is 2.42. The number of benzene rings is 1. The van der Waals surface area contributed by atoms with Crippen LogP contribution < -0.4 is 5.32 Å². The lowest BCUT2D eigenvalue weighted by atomic mass is 10.2. The molecule has 0 heterocycles. The molecular weight excluding hydrogens is 291 g/mol. The SMILES string of the molecule is C=C(C)CN(CC)S(=O)(=O)c1cc(F)ccc1CNCC. The third kappa shape index (κ3) is 4.62. The van der Waals surface area contributed by atoms with Crippen molar-refractivity contribution in [1.29, 1.82) is 0 Å². The molecule has 0 saturated heterocycles. The summed E-state index contributed by atoms with van der Waals surface area (Å²) in [5, 5.41) is 3.07. The molecule has 0 aliphatic carbocycles. The highest BCUT2D eigenvalue weighted by Crippen LogP contribution is 2.22. The maximum atomic E-state index is 13.5. The summed E-state index contributed by atoms with van der Waals surface area (Å²) < 4.78 is 40.3. The number of likely N-dealkylation sites (N-methyl/N-ethyl adjacent to an activating group) is 1. The van der Waals surface area contributed by atoms with Gasteiger partial charge in [-0.25, -0.2) is 12.8 Å². The fraction of sp³-hybridized carbons (Fsp3) is 0.467. The lowest BCUT2D eigenvalue weighted by Crippen LogP contribution is -2.33. The predicted molar refractivity (Wildman–Crippen MR) is 83.0 cm³/mol. The van der Waals surface area contributed by atoms with E-state index in [4.69, 9.17) is 0 Å². The Morgan fingerprint density at radius 3 is 2.57 bits per heavy atom. The molecule has 0 aromatic heterocycles. The van der Waals surface area contributed by atoms with Gasteiger partial charge in [-0.15, -0.1) is 0 Å². The van der Waals surface area contributed by atoms with Crippen LogP contribution in [-0.4, -0.2) is 32.4 Å². The molecule has 21 heavy (non-hydrogen) atoms. The van der Waals surface area contributed by atoms with Crippen LogP contribution in [0.3, 0.4) is 0 Å². The Morgan fingerprint density at radius 2 is 2.05 bits per heavy atom. The number of hydrogen-bond donors (Lipinski definition) is 1. The maximum Gasteiger partial charge on any atom is 0.243 e. The summed E-state index contributed by atoms with van der Waals surface area (Å²) >= 11 is 0. The predicted octanol–water partition coefficient (Wildman–Crippen LogP) is 2.52. The summed E-state index contributed by atoms with van der Waals surface area (Å²) in [6, 6.07) is 3.88. The number of sulfonamides is 1. The number of nitrogens with one attached hydrogen (secondary N) is 1. The van der Waals surface area contributed by atoms with E-state index in [2.05, 4.69) is 11.9 Å². The highest BCUT2D eigenvalue weighted by Gasteiger charge is 2.26. The number of rotatable bonds is 8. The van der Waals surface area contributed by atoms with E-state index in [0.29, 0.717) is 25.2 Å². The molecule has 6 heteroatoms. The number of nitrogens with zero attached hydrogens (tertiary/aromatic N) is 1. The van der Waals surface area contributed by atoms with Crippen molar-refractivity contribution < 1.29 is 12.8 Å². The molecule has 0 radical (unpaired) electrons. The van der Waals surface area contributed by atoms with Gasteiger partial charge in [-0.3, -0.25) is 0 Å². The summed E-state index contributed by atoms with van der Waals surface area (Å²) in [6.07, 6.45) is 0. The summed E-state index contributed by atoms with van der Waals surface area (Å²) in [5.74, 6) is -0.555. The van der Waals surface area contributed by atoms with Crippen LogP contribution in [-0.2, 0) is 16.6 Å². The first kappa shape index (κ1) is 17.8. The third-order valence-corrected chi connectivity index (χ3v) is 5.01. The van der Waals surface area contributed by atoms with Crippen LogP contribution in [0.15, 0.2) is 35.2 Å². The van der Waals surface area contributed by atoms with E-state index in [1.807, 2.05) is 6.92 Å². The highest BCUT2D eigenvalue weighted by molar-refractivity contribution is 7.89. The molecule has 0 spiro atoms. The molecule has 1 rings (SSSR count). The van der Waals surface area contributed by atoms with Gasteiger partial charge in [0.05, 0.1) is 4.90 Å². The van der Waals surface area contributed by atoms with Gasteiger partial charge in [0.25, 0.3) is 0 Å². The Morgan fingerprint density at radius 1 is 1.38 bits per heavy atom. The van der Waals surface area contributed by atoms with E-state index in [9.17, 15) is 12.8 Å². The molecule has 1 aromatic rings. The normalized spacial score (nSPS) is 11.9. The van der Waals surface area contributed by atoms with Crippen LogP contribution in [0.2, 0.25) is 0 Å². The minimum absolute atomic E-state index is 0.0200. The van der Waals surface area contributed by atoms with Gasteiger partial charge in [-0.05, 0) is 31.2 Å². The quantitative estimate of drug-likeness (QED) is 0.750. The smallest absolute Gasteiger partial charge is 0.243 e. The van der Waals surface area contributed by atoms with Gasteiger partial charge in [0, 0.05) is 19.6 Å². The van der Waals surface area contributed by atoms with Gasteiger partial charge >= 0.3 is 0 Å². The first-order valence-corrected chi connectivity index (χ1v) is 8.40. The van der Waals surface area contributed by atoms with Gasteiger partial charge in [-0.1, -0.05) is 32.1 Å². The Kier molecular flexibility index (Phi) is 6.51. The molecule has 0 unspecified atom stereocenters. The molecule has 1 N–H and O–H groups in total. The molecule has 0 fully saturated rings. The largest absolute Gasteiger partial charge is 0.313 e. The summed E-state index contributed by atoms with van der Waals surface area (Å²) in [4.78, 5) is 0.0200. The summed E-state index contributed by atoms with van der Waals surface area (Å²) in [5.41, 5.74) is 1.31. The van der Waals surface area contributed by atoms with E-state index in [1.54, 1.807) is 13.8 Å². The van der Waals surface area contributed by atoms with Crippen LogP contribution in [0.4, 0.5) is 4.39 Å². The lowest BCUT2D eigenvalue weighted by molar-refractivity contribution is 0.451. The Balaban J connectivity index is 3.27. The molecule has 0 saturated carbocycles. The van der Waals surface area contributed by atoms with Gasteiger partial charge in [0.15, 0.2) is 0 Å². The molecule has 4 nitrogen and oxygen atoms in total. The lowest BCUT2D eigenvalue weighted by Gasteiger charge is -2.22. The number of halogens is 1. The van der Waals surface area contributed by atoms with Crippen molar-refractivity contribution in [2.75, 3.05) is 19.6 Å². The summed E-state index contributed by atoms with van der Waals surface area (Å²) in [7, 11) is -3.74. The molecule has 0 amide bonds. The van der Waals surface area contributed by atoms with Gasteiger partial charge in [0.1, 0.15) is 5.82 Å². The standard InChI is InChI=1S/C15H23FN2O2S/c1-5-17-10-13-7-8-14(16)9-15(13)21(19,20)18(6-2)11-12(3)4/h7-9,17H,3,5-6,10-11H2,1-2,4H3. The van der Waals surface area contributed by atoms with Gasteiger partial charge in [-0.2, -0.15) is 4.31 Å². The zero-order valence-corrected chi connectivity index (χ0v) is 13.6. The zero-order chi connectivity index (χ0) is 16.0. The van der Waals surface area contributed by atoms with E-state index >= 15 is 0 Å². The van der Waals surface area contributed by atoms with Crippen LogP contribution in [0.1, 0.15) is 26.3 Å². The monoisotopic (exact) mass is 314 g/mol. The minimum atomic E-state index is -3.74. The number of hydrogen-bond acceptors (Lipinski definition) is 3. The molecule has 1 aromatic carbocycles. The first-order chi connectivity index (χ1) is 9.82. The van der Waals surface area contributed by atoms with Gasteiger partial charge in [0.2, 0.25) is 10.0 Å². The van der Waals surface area contributed by atoms with Crippen LogP contribution in [0, 0.1) is 5.82 Å². The van der Waals surface area contributed by atoms with Crippen molar-refractivity contribution in [1.82, 2.24) is 9.62 Å². The average molecular weight is 314 g/mol. The van der Waals surface area contributed by atoms with E-state index in [-0.39, 0.29) is 11.4 Å². The second kappa shape index (κ2) is 7.68. The molecular formula is C15H23FN2O2S. The van der Waals surface area contributed by atoms with Crippen molar-refractivity contribution >= 4 is 10.0 Å². The fourth-order valence-corrected chi connectivity index (χ4v) is 3.72. The van der Waals surface area contributed by atoms with E-state index < -0.39 is 15.8 Å². The maximum absolute atomic E-state index is 13.5. The third-order valence-electron chi connectivity index (χ3n) is 3.01. The Labute approximate surface area is 126 Å². The first-order valence-electron chi connectivity index (χ1n) is 6.96. The molecule has 0 aliphatic heterocycles. The van der Waals surface area contributed by atoms with Crippen molar-refractivity contribution in [3.8, 4) is 0 Å². The fourth-order valence-electron chi connectivity index (χ4n) is 1.98. The van der Waals surface area contributed by atoms with Crippen LogP contribution in [0.25, 0.3) is 0 Å². The minimum Gasteiger partial charge on any atom is -0.313 e. The highest BCUT2D eigenvalue weighted by atomic mass is 32.2. The Hall–Kier alpha value is -1.24. The topological polar surface area (TPSA) is 49.4 Å². The van der Waals surface area contributed by atoms with Crippen molar-refractivity contribution in [2.45, 2.75) is 32.2 Å². The molecule has 0 bridgehead atoms. The molecule has 0 aliphatic rings. The van der Waals surface area contributed by atoms with Crippen molar-refractivity contribution in [3.05, 3.63) is 41.7 Å². The second-order valence-corrected chi connectivity index (χ2v) is 6.83. The van der Waals surface area contributed by atoms with Crippen molar-refractivity contribution in [3.63, 3.8) is 0 Å². The zero-order valence-electron chi connectivity index (χ0n) is 12.8. The summed E-state index contributed by atoms with van der Waals surface area (Å²) in [6.45, 7) is 10.8.